The number of barbiturate groups is 1. The molecule has 4 rings (SSSR count). The number of nitrogens with two attached hydrogens (primary N) is 1. The first-order chi connectivity index (χ1) is 12.4. The Hall–Kier alpha value is -3.68. The van der Waals surface area contributed by atoms with Gasteiger partial charge in [-0.05, 0) is 48.9 Å². The second-order valence-corrected chi connectivity index (χ2v) is 5.83. The molecule has 2 aromatic carbocycles. The van der Waals surface area contributed by atoms with Gasteiger partial charge in [0.05, 0.1) is 11.0 Å². The first-order valence-corrected chi connectivity index (χ1v) is 7.86. The Morgan fingerprint density at radius 2 is 1.62 bits per heavy atom. The Kier molecular flexibility index (Phi) is 4.66. The number of nitrogen functional groups attached to an aromatic ring is 1. The number of urea groups is 1. The van der Waals surface area contributed by atoms with Gasteiger partial charge in [-0.25, -0.2) is 9.78 Å². The minimum Gasteiger partial charge on any atom is -0.399 e. The lowest BCUT2D eigenvalue weighted by Gasteiger charge is -2.09. The molecule has 0 bridgehead atoms. The van der Waals surface area contributed by atoms with E-state index in [0.29, 0.717) is 0 Å². The van der Waals surface area contributed by atoms with Gasteiger partial charge in [0, 0.05) is 11.3 Å². The van der Waals surface area contributed by atoms with E-state index >= 15 is 0 Å². The normalized spacial score (nSPS) is 13.7. The molecular weight excluding hydrogens is 334 g/mol. The fraction of sp³-hybridized carbons (Fsp3) is 0.111. The van der Waals surface area contributed by atoms with Crippen molar-refractivity contribution in [2.24, 2.45) is 0 Å². The topological polar surface area (TPSA) is 130 Å². The number of hydrogen-bond acceptors (Lipinski definition) is 5. The Morgan fingerprint density at radius 3 is 2.23 bits per heavy atom. The van der Waals surface area contributed by atoms with Crippen LogP contribution in [0.3, 0.4) is 0 Å². The summed E-state index contributed by atoms with van der Waals surface area (Å²) in [5.74, 6) is -0.224. The number of carbonyl (C=O) groups excluding carboxylic acids is 3. The van der Waals surface area contributed by atoms with E-state index in [-0.39, 0.29) is 6.42 Å². The van der Waals surface area contributed by atoms with Gasteiger partial charge < -0.3 is 10.7 Å². The molecule has 132 valence electrons. The molecule has 26 heavy (non-hydrogen) atoms. The van der Waals surface area contributed by atoms with Crippen LogP contribution in [0.25, 0.3) is 22.4 Å². The first kappa shape index (κ1) is 17.2. The molecule has 0 spiro atoms. The molecule has 0 unspecified atom stereocenters. The number of rotatable bonds is 1. The van der Waals surface area contributed by atoms with E-state index in [1.807, 2.05) is 41.0 Å². The Morgan fingerprint density at radius 1 is 0.962 bits per heavy atom. The van der Waals surface area contributed by atoms with Crippen molar-refractivity contribution in [2.45, 2.75) is 13.3 Å². The molecular formula is C18H17N5O3. The van der Waals surface area contributed by atoms with Crippen molar-refractivity contribution in [3.8, 4) is 11.4 Å². The number of carbonyl (C=O) groups is 3. The molecule has 8 nitrogen and oxygen atoms in total. The molecule has 4 amide bonds. The third kappa shape index (κ3) is 4.04. The summed E-state index contributed by atoms with van der Waals surface area (Å²) in [4.78, 5) is 38.7. The molecule has 0 aliphatic carbocycles. The lowest BCUT2D eigenvalue weighted by atomic mass is 10.2. The van der Waals surface area contributed by atoms with Crippen LogP contribution in [0.5, 0.6) is 0 Å². The average Bonchev–Trinajstić information content (AvgIpc) is 2.97. The molecule has 0 saturated carbocycles. The second kappa shape index (κ2) is 7.06. The summed E-state index contributed by atoms with van der Waals surface area (Å²) in [6, 6.07) is 13.2. The standard InChI is InChI=1S/C14H13N3.C4H4N2O3/c1-9-2-7-12-13(8-9)17-14(16-12)10-3-5-11(15)6-4-10;7-2-1-3(8)6-4(9)5-2/h2-8H,15H2,1H3,(H,16,17);1H2,(H2,5,6,7,8,9). The molecule has 1 aromatic heterocycles. The molecule has 1 aliphatic heterocycles. The van der Waals surface area contributed by atoms with Gasteiger partial charge in [-0.3, -0.25) is 20.2 Å². The first-order valence-electron chi connectivity index (χ1n) is 7.86. The van der Waals surface area contributed by atoms with Crippen molar-refractivity contribution in [1.82, 2.24) is 20.6 Å². The highest BCUT2D eigenvalue weighted by Gasteiger charge is 2.20. The quantitative estimate of drug-likeness (QED) is 0.393. The number of nitrogens with one attached hydrogen (secondary N) is 3. The van der Waals surface area contributed by atoms with Crippen molar-refractivity contribution < 1.29 is 14.4 Å². The fourth-order valence-electron chi connectivity index (χ4n) is 2.42. The number of amides is 4. The molecule has 1 fully saturated rings. The zero-order valence-corrected chi connectivity index (χ0v) is 14.0. The van der Waals surface area contributed by atoms with Crippen LogP contribution in [-0.2, 0) is 9.59 Å². The van der Waals surface area contributed by atoms with Gasteiger partial charge in [0.2, 0.25) is 11.8 Å². The number of fused-ring (bicyclic) bond motifs is 1. The molecule has 0 atom stereocenters. The third-order valence-electron chi connectivity index (χ3n) is 3.65. The van der Waals surface area contributed by atoms with Crippen molar-refractivity contribution >= 4 is 34.6 Å². The van der Waals surface area contributed by atoms with Gasteiger partial charge in [0.15, 0.2) is 0 Å². The van der Waals surface area contributed by atoms with Crippen molar-refractivity contribution in [2.75, 3.05) is 5.73 Å². The number of imide groups is 2. The zero-order valence-electron chi connectivity index (χ0n) is 14.0. The Balaban J connectivity index is 0.000000185. The zero-order chi connectivity index (χ0) is 18.7. The van der Waals surface area contributed by atoms with Crippen LogP contribution in [0.2, 0.25) is 0 Å². The minimum atomic E-state index is -0.740. The summed E-state index contributed by atoms with van der Waals surface area (Å²) in [6.45, 7) is 2.07. The van der Waals surface area contributed by atoms with Crippen LogP contribution in [0, 0.1) is 6.92 Å². The highest BCUT2D eigenvalue weighted by Crippen LogP contribution is 2.21. The van der Waals surface area contributed by atoms with E-state index in [9.17, 15) is 14.4 Å². The SMILES string of the molecule is Cc1ccc2nc(-c3ccc(N)cc3)[nH]c2c1.O=C1CC(=O)NC(=O)N1. The number of nitrogens with zero attached hydrogens (tertiary/aromatic N) is 1. The smallest absolute Gasteiger partial charge is 0.328 e. The average molecular weight is 351 g/mol. The maximum absolute atomic E-state index is 10.3. The highest BCUT2D eigenvalue weighted by atomic mass is 16.2. The predicted molar refractivity (Wildman–Crippen MR) is 97.0 cm³/mol. The largest absolute Gasteiger partial charge is 0.399 e. The van der Waals surface area contributed by atoms with Gasteiger partial charge in [0.25, 0.3) is 0 Å². The van der Waals surface area contributed by atoms with Crippen molar-refractivity contribution in [3.05, 3.63) is 48.0 Å². The second-order valence-electron chi connectivity index (χ2n) is 5.83. The number of aromatic nitrogens is 2. The van der Waals surface area contributed by atoms with E-state index in [2.05, 4.69) is 29.0 Å². The molecule has 1 saturated heterocycles. The van der Waals surface area contributed by atoms with Crippen LogP contribution in [-0.4, -0.2) is 27.8 Å². The number of imidazole rings is 1. The molecule has 1 aliphatic rings. The van der Waals surface area contributed by atoms with Crippen LogP contribution in [0.15, 0.2) is 42.5 Å². The van der Waals surface area contributed by atoms with Gasteiger partial charge in [-0.2, -0.15) is 0 Å². The van der Waals surface area contributed by atoms with Crippen LogP contribution < -0.4 is 16.4 Å². The fourth-order valence-corrected chi connectivity index (χ4v) is 2.42. The lowest BCUT2D eigenvalue weighted by molar-refractivity contribution is -0.129. The van der Waals surface area contributed by atoms with Gasteiger partial charge in [-0.1, -0.05) is 6.07 Å². The summed E-state index contributed by atoms with van der Waals surface area (Å²) >= 11 is 0. The van der Waals surface area contributed by atoms with Gasteiger partial charge >= 0.3 is 6.03 Å². The number of benzene rings is 2. The maximum atomic E-state index is 10.3. The number of H-pyrrole nitrogens is 1. The molecule has 0 radical (unpaired) electrons. The van der Waals surface area contributed by atoms with Gasteiger partial charge in [-0.15, -0.1) is 0 Å². The monoisotopic (exact) mass is 351 g/mol. The van der Waals surface area contributed by atoms with Gasteiger partial charge in [0.1, 0.15) is 12.2 Å². The van der Waals surface area contributed by atoms with E-state index < -0.39 is 17.8 Å². The highest BCUT2D eigenvalue weighted by molar-refractivity contribution is 6.14. The summed E-state index contributed by atoms with van der Waals surface area (Å²) in [6.07, 6.45) is -0.258. The lowest BCUT2D eigenvalue weighted by Crippen LogP contribution is -2.49. The molecule has 3 aromatic rings. The third-order valence-corrected chi connectivity index (χ3v) is 3.65. The van der Waals surface area contributed by atoms with E-state index in [1.54, 1.807) is 0 Å². The number of aromatic amines is 1. The van der Waals surface area contributed by atoms with E-state index in [4.69, 9.17) is 5.73 Å². The summed E-state index contributed by atoms with van der Waals surface area (Å²) in [5, 5.41) is 3.80. The summed E-state index contributed by atoms with van der Waals surface area (Å²) in [7, 11) is 0. The van der Waals surface area contributed by atoms with Crippen LogP contribution >= 0.6 is 0 Å². The van der Waals surface area contributed by atoms with Crippen molar-refractivity contribution in [3.63, 3.8) is 0 Å². The van der Waals surface area contributed by atoms with E-state index in [0.717, 1.165) is 28.1 Å². The van der Waals surface area contributed by atoms with Crippen molar-refractivity contribution in [1.29, 1.82) is 0 Å². The summed E-state index contributed by atoms with van der Waals surface area (Å²) < 4.78 is 0. The minimum absolute atomic E-state index is 0.258. The Labute approximate surface area is 148 Å². The number of aryl methyl sites for hydroxylation is 1. The number of anilines is 1. The maximum Gasteiger partial charge on any atom is 0.328 e. The molecule has 2 heterocycles. The predicted octanol–water partition coefficient (Wildman–Crippen LogP) is 1.86. The summed E-state index contributed by atoms with van der Waals surface area (Å²) in [5.41, 5.74) is 10.8. The Bertz CT molecular complexity index is 946. The number of hydrogen-bond donors (Lipinski definition) is 4. The van der Waals surface area contributed by atoms with Crippen LogP contribution in [0.4, 0.5) is 10.5 Å². The molecule has 5 N–H and O–H groups in total. The van der Waals surface area contributed by atoms with E-state index in [1.165, 1.54) is 5.56 Å². The molecule has 8 heteroatoms. The van der Waals surface area contributed by atoms with Crippen LogP contribution in [0.1, 0.15) is 12.0 Å².